The summed E-state index contributed by atoms with van der Waals surface area (Å²) in [4.78, 5) is 15.5. The summed E-state index contributed by atoms with van der Waals surface area (Å²) in [5.74, 6) is -0.937. The molecule has 0 aliphatic carbocycles. The largest absolute Gasteiger partial charge is 0.478 e. The van der Waals surface area contributed by atoms with Crippen LogP contribution in [0, 0.1) is 0 Å². The fourth-order valence-electron chi connectivity index (χ4n) is 2.01. The van der Waals surface area contributed by atoms with Crippen molar-refractivity contribution in [3.05, 3.63) is 40.9 Å². The number of hydrogen-bond donors (Lipinski definition) is 1. The molecule has 3 rings (SSSR count). The average Bonchev–Trinajstić information content (AvgIpc) is 2.98. The number of carboxylic acid groups (broad SMARTS) is 1. The molecule has 2 heterocycles. The highest BCUT2D eigenvalue weighted by Crippen LogP contribution is 2.29. The van der Waals surface area contributed by atoms with E-state index < -0.39 is 5.97 Å². The zero-order valence-electron chi connectivity index (χ0n) is 10.6. The number of carbonyl (C=O) groups is 1. The quantitative estimate of drug-likeness (QED) is 0.941. The Morgan fingerprint density at radius 2 is 2.30 bits per heavy atom. The molecule has 0 bridgehead atoms. The summed E-state index contributed by atoms with van der Waals surface area (Å²) >= 11 is 1.48. The molecular weight excluding hydrogens is 278 g/mol. The van der Waals surface area contributed by atoms with Crippen LogP contribution in [-0.4, -0.2) is 35.9 Å². The van der Waals surface area contributed by atoms with Crippen molar-refractivity contribution in [1.82, 2.24) is 4.98 Å². The normalized spacial score (nSPS) is 18.9. The number of carboxylic acids is 1. The maximum atomic E-state index is 11.0. The van der Waals surface area contributed by atoms with Gasteiger partial charge in [0, 0.05) is 10.9 Å². The van der Waals surface area contributed by atoms with Crippen molar-refractivity contribution in [1.29, 1.82) is 0 Å². The summed E-state index contributed by atoms with van der Waals surface area (Å²) in [5.41, 5.74) is 1.90. The van der Waals surface area contributed by atoms with Crippen LogP contribution < -0.4 is 0 Å². The Morgan fingerprint density at radius 3 is 3.05 bits per heavy atom. The molecule has 1 aromatic heterocycles. The Bertz CT molecular complexity index is 619. The van der Waals surface area contributed by atoms with Crippen molar-refractivity contribution in [2.75, 3.05) is 19.8 Å². The summed E-state index contributed by atoms with van der Waals surface area (Å²) in [5, 5.41) is 11.7. The van der Waals surface area contributed by atoms with Gasteiger partial charge in [-0.25, -0.2) is 9.78 Å². The van der Waals surface area contributed by atoms with E-state index in [0.29, 0.717) is 19.8 Å². The van der Waals surface area contributed by atoms with E-state index in [0.717, 1.165) is 16.3 Å². The lowest BCUT2D eigenvalue weighted by Crippen LogP contribution is -2.22. The standard InChI is InChI=1S/C14H13NO4S/c16-14(17)10-3-1-2-9(6-10)13-15-11(8-20-13)12-7-18-4-5-19-12/h1-3,6,8,12H,4-5,7H2,(H,16,17). The third-order valence-electron chi connectivity index (χ3n) is 3.02. The van der Waals surface area contributed by atoms with Gasteiger partial charge in [0.15, 0.2) is 0 Å². The van der Waals surface area contributed by atoms with Gasteiger partial charge >= 0.3 is 5.97 Å². The Balaban J connectivity index is 1.85. The van der Waals surface area contributed by atoms with Gasteiger partial charge in [0.2, 0.25) is 0 Å². The van der Waals surface area contributed by atoms with Gasteiger partial charge in [-0.2, -0.15) is 0 Å². The molecule has 0 saturated carbocycles. The minimum atomic E-state index is -0.937. The van der Waals surface area contributed by atoms with Gasteiger partial charge in [-0.15, -0.1) is 11.3 Å². The van der Waals surface area contributed by atoms with Gasteiger partial charge in [-0.3, -0.25) is 0 Å². The van der Waals surface area contributed by atoms with Gasteiger partial charge in [0.1, 0.15) is 11.1 Å². The zero-order valence-corrected chi connectivity index (χ0v) is 11.4. The van der Waals surface area contributed by atoms with E-state index in [1.54, 1.807) is 18.2 Å². The van der Waals surface area contributed by atoms with E-state index in [1.165, 1.54) is 11.3 Å². The van der Waals surface area contributed by atoms with Crippen LogP contribution in [0.4, 0.5) is 0 Å². The number of benzene rings is 1. The molecule has 1 fully saturated rings. The van der Waals surface area contributed by atoms with Crippen molar-refractivity contribution >= 4 is 17.3 Å². The summed E-state index contributed by atoms with van der Waals surface area (Å²) in [6.07, 6.45) is -0.128. The average molecular weight is 291 g/mol. The SMILES string of the molecule is O=C(O)c1cccc(-c2nc(C3COCCO3)cs2)c1. The molecule has 20 heavy (non-hydrogen) atoms. The number of ether oxygens (including phenoxy) is 2. The van der Waals surface area contributed by atoms with Crippen LogP contribution in [0.3, 0.4) is 0 Å². The van der Waals surface area contributed by atoms with Gasteiger partial charge < -0.3 is 14.6 Å². The molecule has 5 nitrogen and oxygen atoms in total. The lowest BCUT2D eigenvalue weighted by molar-refractivity contribution is -0.0915. The first-order valence-corrected chi connectivity index (χ1v) is 7.10. The highest BCUT2D eigenvalue weighted by molar-refractivity contribution is 7.13. The van der Waals surface area contributed by atoms with Crippen molar-refractivity contribution in [2.45, 2.75) is 6.10 Å². The number of nitrogens with zero attached hydrogens (tertiary/aromatic N) is 1. The maximum Gasteiger partial charge on any atom is 0.335 e. The first-order valence-electron chi connectivity index (χ1n) is 6.22. The lowest BCUT2D eigenvalue weighted by Gasteiger charge is -2.21. The molecule has 1 unspecified atom stereocenters. The molecular formula is C14H13NO4S. The van der Waals surface area contributed by atoms with Crippen molar-refractivity contribution < 1.29 is 19.4 Å². The number of aromatic carboxylic acids is 1. The first-order chi connectivity index (χ1) is 9.74. The van der Waals surface area contributed by atoms with Crippen LogP contribution in [0.25, 0.3) is 10.6 Å². The Kier molecular flexibility index (Phi) is 3.77. The van der Waals surface area contributed by atoms with E-state index in [9.17, 15) is 4.79 Å². The van der Waals surface area contributed by atoms with Crippen molar-refractivity contribution in [3.8, 4) is 10.6 Å². The van der Waals surface area contributed by atoms with Crippen molar-refractivity contribution in [3.63, 3.8) is 0 Å². The monoisotopic (exact) mass is 291 g/mol. The molecule has 6 heteroatoms. The maximum absolute atomic E-state index is 11.0. The molecule has 0 radical (unpaired) electrons. The second kappa shape index (κ2) is 5.70. The number of hydrogen-bond acceptors (Lipinski definition) is 5. The minimum absolute atomic E-state index is 0.128. The zero-order chi connectivity index (χ0) is 13.9. The van der Waals surface area contributed by atoms with Crippen LogP contribution in [0.2, 0.25) is 0 Å². The molecule has 1 aliphatic rings. The Labute approximate surface area is 119 Å². The lowest BCUT2D eigenvalue weighted by atomic mass is 10.1. The molecule has 2 aromatic rings. The summed E-state index contributed by atoms with van der Waals surface area (Å²) in [6.45, 7) is 1.71. The van der Waals surface area contributed by atoms with E-state index in [1.807, 2.05) is 11.4 Å². The van der Waals surface area contributed by atoms with E-state index in [2.05, 4.69) is 4.98 Å². The minimum Gasteiger partial charge on any atom is -0.478 e. The van der Waals surface area contributed by atoms with Crippen LogP contribution >= 0.6 is 11.3 Å². The van der Waals surface area contributed by atoms with Gasteiger partial charge in [0.25, 0.3) is 0 Å². The fourth-order valence-corrected chi connectivity index (χ4v) is 2.87. The molecule has 0 amide bonds. The third-order valence-corrected chi connectivity index (χ3v) is 3.93. The number of thiazole rings is 1. The summed E-state index contributed by atoms with van der Waals surface area (Å²) < 4.78 is 11.0. The fraction of sp³-hybridized carbons (Fsp3) is 0.286. The number of rotatable bonds is 3. The first kappa shape index (κ1) is 13.2. The predicted molar refractivity (Wildman–Crippen MR) is 74.0 cm³/mol. The van der Waals surface area contributed by atoms with E-state index in [4.69, 9.17) is 14.6 Å². The summed E-state index contributed by atoms with van der Waals surface area (Å²) in [7, 11) is 0. The van der Waals surface area contributed by atoms with Crippen molar-refractivity contribution in [2.24, 2.45) is 0 Å². The molecule has 1 aliphatic heterocycles. The smallest absolute Gasteiger partial charge is 0.335 e. The van der Waals surface area contributed by atoms with Crippen LogP contribution in [0.15, 0.2) is 29.6 Å². The van der Waals surface area contributed by atoms with Gasteiger partial charge in [-0.1, -0.05) is 12.1 Å². The molecule has 1 atom stereocenters. The topological polar surface area (TPSA) is 68.7 Å². The second-order valence-electron chi connectivity index (χ2n) is 4.40. The predicted octanol–water partition coefficient (Wildman–Crippen LogP) is 2.60. The van der Waals surface area contributed by atoms with Crippen LogP contribution in [0.1, 0.15) is 22.2 Å². The molecule has 1 N–H and O–H groups in total. The summed E-state index contributed by atoms with van der Waals surface area (Å²) in [6, 6.07) is 6.77. The van der Waals surface area contributed by atoms with E-state index >= 15 is 0 Å². The third kappa shape index (κ3) is 2.72. The highest BCUT2D eigenvalue weighted by Gasteiger charge is 2.20. The molecule has 0 spiro atoms. The van der Waals surface area contributed by atoms with E-state index in [-0.39, 0.29) is 11.7 Å². The molecule has 104 valence electrons. The molecule has 1 aromatic carbocycles. The number of aromatic nitrogens is 1. The highest BCUT2D eigenvalue weighted by atomic mass is 32.1. The van der Waals surface area contributed by atoms with Crippen LogP contribution in [0.5, 0.6) is 0 Å². The Morgan fingerprint density at radius 1 is 1.40 bits per heavy atom. The molecule has 1 saturated heterocycles. The Hall–Kier alpha value is -1.76. The second-order valence-corrected chi connectivity index (χ2v) is 5.26. The van der Waals surface area contributed by atoms with Gasteiger partial charge in [0.05, 0.1) is 31.1 Å². The van der Waals surface area contributed by atoms with Gasteiger partial charge in [-0.05, 0) is 12.1 Å². The van der Waals surface area contributed by atoms with Crippen LogP contribution in [-0.2, 0) is 9.47 Å².